The molecule has 0 bridgehead atoms. The van der Waals surface area contributed by atoms with Gasteiger partial charge in [-0.15, -0.1) is 0 Å². The van der Waals surface area contributed by atoms with Crippen molar-refractivity contribution >= 4 is 26.8 Å². The Labute approximate surface area is 118 Å². The molecule has 3 aromatic rings. The predicted octanol–water partition coefficient (Wildman–Crippen LogP) is 3.46. The molecule has 2 aromatic carbocycles. The highest BCUT2D eigenvalue weighted by atomic mass is 79.9. The largest absolute Gasteiger partial charge is 0.268 e. The molecule has 0 N–H and O–H groups in total. The van der Waals surface area contributed by atoms with Crippen molar-refractivity contribution in [2.75, 3.05) is 0 Å². The number of para-hydroxylation sites is 1. The van der Waals surface area contributed by atoms with Gasteiger partial charge in [0, 0.05) is 4.47 Å². The van der Waals surface area contributed by atoms with Gasteiger partial charge < -0.3 is 0 Å². The Balaban J connectivity index is 2.35. The van der Waals surface area contributed by atoms with E-state index in [0.29, 0.717) is 10.9 Å². The van der Waals surface area contributed by atoms with Crippen molar-refractivity contribution in [1.29, 1.82) is 0 Å². The molecule has 3 rings (SSSR count). The first-order valence-electron chi connectivity index (χ1n) is 5.90. The van der Waals surface area contributed by atoms with E-state index in [0.717, 1.165) is 15.7 Å². The molecule has 0 unspecified atom stereocenters. The monoisotopic (exact) mass is 314 g/mol. The molecular formula is C15H11BrN2O. The first-order chi connectivity index (χ1) is 9.16. The molecular weight excluding hydrogens is 304 g/mol. The topological polar surface area (TPSA) is 34.9 Å². The number of nitrogens with zero attached hydrogens (tertiary/aromatic N) is 2. The first-order valence-corrected chi connectivity index (χ1v) is 6.69. The maximum Gasteiger partial charge on any atom is 0.265 e. The quantitative estimate of drug-likeness (QED) is 0.689. The van der Waals surface area contributed by atoms with Gasteiger partial charge in [-0.05, 0) is 36.8 Å². The molecule has 0 spiro atoms. The summed E-state index contributed by atoms with van der Waals surface area (Å²) < 4.78 is 2.46. The summed E-state index contributed by atoms with van der Waals surface area (Å²) in [4.78, 5) is 16.9. The Kier molecular flexibility index (Phi) is 2.95. The maximum atomic E-state index is 12.5. The van der Waals surface area contributed by atoms with Crippen LogP contribution >= 0.6 is 15.9 Å². The minimum Gasteiger partial charge on any atom is -0.268 e. The van der Waals surface area contributed by atoms with E-state index < -0.39 is 0 Å². The number of rotatable bonds is 1. The average molecular weight is 315 g/mol. The van der Waals surface area contributed by atoms with Crippen LogP contribution in [0, 0.1) is 6.92 Å². The Bertz CT molecular complexity index is 824. The lowest BCUT2D eigenvalue weighted by molar-refractivity contribution is 0.952. The van der Waals surface area contributed by atoms with Crippen LogP contribution in [0.25, 0.3) is 16.6 Å². The number of benzene rings is 2. The van der Waals surface area contributed by atoms with Crippen LogP contribution in [0.15, 0.2) is 58.1 Å². The molecule has 4 heteroatoms. The zero-order chi connectivity index (χ0) is 13.4. The molecule has 0 saturated heterocycles. The Hall–Kier alpha value is -1.94. The van der Waals surface area contributed by atoms with Gasteiger partial charge in [0.25, 0.3) is 5.56 Å². The van der Waals surface area contributed by atoms with E-state index in [1.165, 1.54) is 0 Å². The molecule has 3 nitrogen and oxygen atoms in total. The molecule has 0 aliphatic carbocycles. The molecule has 0 fully saturated rings. The number of hydrogen-bond acceptors (Lipinski definition) is 2. The van der Waals surface area contributed by atoms with Gasteiger partial charge in [0.05, 0.1) is 16.6 Å². The summed E-state index contributed by atoms with van der Waals surface area (Å²) in [6.07, 6.45) is 1.58. The van der Waals surface area contributed by atoms with Crippen LogP contribution in [-0.2, 0) is 0 Å². The third-order valence-corrected chi connectivity index (χ3v) is 3.59. The average Bonchev–Trinajstić information content (AvgIpc) is 2.41. The van der Waals surface area contributed by atoms with Crippen LogP contribution in [-0.4, -0.2) is 9.55 Å². The van der Waals surface area contributed by atoms with Crippen LogP contribution in [0.3, 0.4) is 0 Å². The van der Waals surface area contributed by atoms with Gasteiger partial charge in [-0.3, -0.25) is 9.36 Å². The second-order valence-corrected chi connectivity index (χ2v) is 5.28. The summed E-state index contributed by atoms with van der Waals surface area (Å²) >= 11 is 3.39. The molecule has 0 aliphatic rings. The van der Waals surface area contributed by atoms with Crippen molar-refractivity contribution in [3.8, 4) is 5.69 Å². The summed E-state index contributed by atoms with van der Waals surface area (Å²) in [5, 5.41) is 0.611. The van der Waals surface area contributed by atoms with Crippen molar-refractivity contribution in [3.05, 3.63) is 69.2 Å². The molecule has 1 heterocycles. The number of aromatic nitrogens is 2. The van der Waals surface area contributed by atoms with E-state index in [2.05, 4.69) is 20.9 Å². The second-order valence-electron chi connectivity index (χ2n) is 4.37. The Morgan fingerprint density at radius 1 is 1.16 bits per heavy atom. The molecule has 0 radical (unpaired) electrons. The number of fused-ring (bicyclic) bond motifs is 1. The molecule has 0 amide bonds. The Morgan fingerprint density at radius 2 is 1.95 bits per heavy atom. The predicted molar refractivity (Wildman–Crippen MR) is 79.8 cm³/mol. The van der Waals surface area contributed by atoms with Crippen molar-refractivity contribution < 1.29 is 0 Å². The summed E-state index contributed by atoms with van der Waals surface area (Å²) in [6.45, 7) is 1.98. The lowest BCUT2D eigenvalue weighted by Crippen LogP contribution is -2.19. The number of hydrogen-bond donors (Lipinski definition) is 0. The third-order valence-electron chi connectivity index (χ3n) is 3.10. The van der Waals surface area contributed by atoms with Gasteiger partial charge in [0.1, 0.15) is 6.33 Å². The van der Waals surface area contributed by atoms with Crippen LogP contribution in [0.5, 0.6) is 0 Å². The van der Waals surface area contributed by atoms with Crippen molar-refractivity contribution in [2.24, 2.45) is 0 Å². The highest BCUT2D eigenvalue weighted by Gasteiger charge is 2.07. The first kappa shape index (κ1) is 12.1. The van der Waals surface area contributed by atoms with Gasteiger partial charge in [-0.2, -0.15) is 0 Å². The lowest BCUT2D eigenvalue weighted by atomic mass is 10.2. The summed E-state index contributed by atoms with van der Waals surface area (Å²) in [5.74, 6) is 0. The standard InChI is InChI=1S/C15H11BrN2O/c1-10-4-2-3-5-14(10)18-9-17-13-7-6-11(16)8-12(13)15(18)19/h2-9H,1H3. The second kappa shape index (κ2) is 4.63. The van der Waals surface area contributed by atoms with E-state index in [9.17, 15) is 4.79 Å². The number of halogens is 1. The van der Waals surface area contributed by atoms with E-state index in [-0.39, 0.29) is 5.56 Å². The van der Waals surface area contributed by atoms with Gasteiger partial charge in [-0.25, -0.2) is 4.98 Å². The molecule has 19 heavy (non-hydrogen) atoms. The van der Waals surface area contributed by atoms with E-state index >= 15 is 0 Å². The maximum absolute atomic E-state index is 12.5. The fourth-order valence-electron chi connectivity index (χ4n) is 2.10. The SMILES string of the molecule is Cc1ccccc1-n1cnc2ccc(Br)cc2c1=O. The molecule has 0 saturated carbocycles. The van der Waals surface area contributed by atoms with Crippen LogP contribution in [0.4, 0.5) is 0 Å². The van der Waals surface area contributed by atoms with Gasteiger partial charge in [0.2, 0.25) is 0 Å². The lowest BCUT2D eigenvalue weighted by Gasteiger charge is -2.09. The number of aryl methyl sites for hydroxylation is 1. The normalized spacial score (nSPS) is 10.8. The van der Waals surface area contributed by atoms with Crippen molar-refractivity contribution in [1.82, 2.24) is 9.55 Å². The summed E-state index contributed by atoms with van der Waals surface area (Å²) in [6, 6.07) is 13.3. The zero-order valence-corrected chi connectivity index (χ0v) is 11.9. The van der Waals surface area contributed by atoms with E-state index in [1.54, 1.807) is 17.0 Å². The molecule has 1 aromatic heterocycles. The van der Waals surface area contributed by atoms with Gasteiger partial charge >= 0.3 is 0 Å². The van der Waals surface area contributed by atoms with Crippen molar-refractivity contribution in [3.63, 3.8) is 0 Å². The fraction of sp³-hybridized carbons (Fsp3) is 0.0667. The summed E-state index contributed by atoms with van der Waals surface area (Å²) in [5.41, 5.74) is 2.56. The van der Waals surface area contributed by atoms with Crippen LogP contribution in [0.1, 0.15) is 5.56 Å². The van der Waals surface area contributed by atoms with E-state index in [1.807, 2.05) is 43.3 Å². The molecule has 0 aliphatic heterocycles. The minimum atomic E-state index is -0.0550. The highest BCUT2D eigenvalue weighted by molar-refractivity contribution is 9.10. The molecule has 94 valence electrons. The van der Waals surface area contributed by atoms with Gasteiger partial charge in [0.15, 0.2) is 0 Å². The smallest absolute Gasteiger partial charge is 0.265 e. The van der Waals surface area contributed by atoms with Crippen LogP contribution in [0.2, 0.25) is 0 Å². The van der Waals surface area contributed by atoms with Crippen LogP contribution < -0.4 is 5.56 Å². The Morgan fingerprint density at radius 3 is 2.74 bits per heavy atom. The van der Waals surface area contributed by atoms with E-state index in [4.69, 9.17) is 0 Å². The fourth-order valence-corrected chi connectivity index (χ4v) is 2.46. The highest BCUT2D eigenvalue weighted by Crippen LogP contribution is 2.17. The third kappa shape index (κ3) is 2.08. The van der Waals surface area contributed by atoms with Crippen molar-refractivity contribution in [2.45, 2.75) is 6.92 Å². The van der Waals surface area contributed by atoms with Gasteiger partial charge in [-0.1, -0.05) is 34.1 Å². The molecule has 0 atom stereocenters. The zero-order valence-electron chi connectivity index (χ0n) is 10.3. The summed E-state index contributed by atoms with van der Waals surface area (Å²) in [7, 11) is 0. The minimum absolute atomic E-state index is 0.0550.